The van der Waals surface area contributed by atoms with E-state index in [9.17, 15) is 0 Å². The summed E-state index contributed by atoms with van der Waals surface area (Å²) in [5, 5.41) is 3.16. The Morgan fingerprint density at radius 3 is 2.88 bits per heavy atom. The molecule has 0 radical (unpaired) electrons. The van der Waals surface area contributed by atoms with Crippen LogP contribution in [0.5, 0.6) is 0 Å². The molecule has 17 heavy (non-hydrogen) atoms. The van der Waals surface area contributed by atoms with Crippen molar-refractivity contribution in [3.63, 3.8) is 0 Å². The normalized spacial score (nSPS) is 30.9. The number of nitrogens with zero attached hydrogens (tertiary/aromatic N) is 1. The average molecular weight is 236 g/mol. The van der Waals surface area contributed by atoms with Crippen molar-refractivity contribution < 1.29 is 4.74 Å². The lowest BCUT2D eigenvalue weighted by Crippen LogP contribution is -2.27. The standard InChI is InChI=1S/C14H24N2O/c1-14(17-4)9-6-5-7-13(8-10-14)16(3)12-11-15-2/h6-10,15H,5,11-12H2,1-4H3/b9-6-,10-8-,13-7+. The van der Waals surface area contributed by atoms with Crippen LogP contribution in [0.4, 0.5) is 0 Å². The Morgan fingerprint density at radius 1 is 1.47 bits per heavy atom. The highest BCUT2D eigenvalue weighted by atomic mass is 16.5. The molecule has 0 amide bonds. The maximum absolute atomic E-state index is 5.49. The Kier molecular flexibility index (Phi) is 5.45. The van der Waals surface area contributed by atoms with Gasteiger partial charge < -0.3 is 15.0 Å². The number of rotatable bonds is 5. The Balaban J connectivity index is 2.74. The fraction of sp³-hybridized carbons (Fsp3) is 0.571. The molecule has 1 rings (SSSR count). The molecule has 1 N–H and O–H groups in total. The lowest BCUT2D eigenvalue weighted by molar-refractivity contribution is 0.0902. The van der Waals surface area contributed by atoms with E-state index in [1.165, 1.54) is 5.70 Å². The van der Waals surface area contributed by atoms with Crippen molar-refractivity contribution in [3.05, 3.63) is 36.1 Å². The van der Waals surface area contributed by atoms with Gasteiger partial charge in [-0.05, 0) is 32.5 Å². The molecular formula is C14H24N2O. The van der Waals surface area contributed by atoms with E-state index < -0.39 is 0 Å². The molecule has 0 aliphatic heterocycles. The molecule has 0 spiro atoms. The summed E-state index contributed by atoms with van der Waals surface area (Å²) in [6.45, 7) is 4.05. The molecule has 0 saturated heterocycles. The maximum atomic E-state index is 5.49. The highest BCUT2D eigenvalue weighted by Crippen LogP contribution is 2.18. The van der Waals surface area contributed by atoms with Crippen molar-refractivity contribution >= 4 is 0 Å². The molecule has 0 saturated carbocycles. The zero-order chi connectivity index (χ0) is 12.7. The van der Waals surface area contributed by atoms with E-state index in [1.54, 1.807) is 7.11 Å². The number of nitrogens with one attached hydrogen (secondary N) is 1. The van der Waals surface area contributed by atoms with Crippen molar-refractivity contribution in [2.45, 2.75) is 18.9 Å². The van der Waals surface area contributed by atoms with Crippen LogP contribution in [0.2, 0.25) is 0 Å². The van der Waals surface area contributed by atoms with Gasteiger partial charge in [0.25, 0.3) is 0 Å². The lowest BCUT2D eigenvalue weighted by atomic mass is 10.0. The van der Waals surface area contributed by atoms with Gasteiger partial charge in [-0.15, -0.1) is 0 Å². The number of methoxy groups -OCH3 is 1. The molecule has 0 fully saturated rings. The van der Waals surface area contributed by atoms with Gasteiger partial charge in [-0.1, -0.05) is 18.2 Å². The lowest BCUT2D eigenvalue weighted by Gasteiger charge is -2.25. The second kappa shape index (κ2) is 6.62. The van der Waals surface area contributed by atoms with Crippen molar-refractivity contribution in [2.75, 3.05) is 34.3 Å². The van der Waals surface area contributed by atoms with Crippen molar-refractivity contribution in [1.82, 2.24) is 10.2 Å². The molecule has 0 heterocycles. The van der Waals surface area contributed by atoms with E-state index in [-0.39, 0.29) is 5.60 Å². The molecule has 0 aromatic rings. The van der Waals surface area contributed by atoms with Crippen LogP contribution in [0.3, 0.4) is 0 Å². The summed E-state index contributed by atoms with van der Waals surface area (Å²) in [4.78, 5) is 2.25. The third-order valence-corrected chi connectivity index (χ3v) is 3.07. The predicted octanol–water partition coefficient (Wildman–Crippen LogP) is 1.94. The van der Waals surface area contributed by atoms with E-state index in [1.807, 2.05) is 7.05 Å². The van der Waals surface area contributed by atoms with Gasteiger partial charge in [0.2, 0.25) is 0 Å². The first kappa shape index (κ1) is 14.0. The summed E-state index contributed by atoms with van der Waals surface area (Å²) in [6, 6.07) is 0. The largest absolute Gasteiger partial charge is 0.374 e. The topological polar surface area (TPSA) is 24.5 Å². The highest BCUT2D eigenvalue weighted by molar-refractivity contribution is 5.26. The molecule has 96 valence electrons. The quantitative estimate of drug-likeness (QED) is 0.738. The number of likely N-dealkylation sites (N-methyl/N-ethyl adjacent to an activating group) is 2. The third kappa shape index (κ3) is 4.36. The minimum Gasteiger partial charge on any atom is -0.374 e. The van der Waals surface area contributed by atoms with Gasteiger partial charge in [0.05, 0.1) is 0 Å². The van der Waals surface area contributed by atoms with Crippen LogP contribution in [0.15, 0.2) is 36.1 Å². The summed E-state index contributed by atoms with van der Waals surface area (Å²) >= 11 is 0. The molecule has 1 atom stereocenters. The number of ether oxygens (including phenoxy) is 1. The van der Waals surface area contributed by atoms with E-state index in [0.29, 0.717) is 0 Å². The summed E-state index contributed by atoms with van der Waals surface area (Å²) in [5.74, 6) is 0. The zero-order valence-corrected chi connectivity index (χ0v) is 11.4. The Labute approximate surface area is 105 Å². The van der Waals surface area contributed by atoms with Crippen LogP contribution in [-0.4, -0.2) is 44.8 Å². The van der Waals surface area contributed by atoms with Crippen LogP contribution in [0.1, 0.15) is 13.3 Å². The van der Waals surface area contributed by atoms with E-state index in [0.717, 1.165) is 19.5 Å². The molecular weight excluding hydrogens is 212 g/mol. The fourth-order valence-corrected chi connectivity index (χ4v) is 1.69. The SMILES string of the molecule is CNCCN(C)C1=C/C/C=C\C(C)(OC)/C=C\1. The molecule has 1 aliphatic rings. The van der Waals surface area contributed by atoms with Gasteiger partial charge in [0.1, 0.15) is 5.60 Å². The minimum atomic E-state index is -0.288. The zero-order valence-electron chi connectivity index (χ0n) is 11.4. The smallest absolute Gasteiger partial charge is 0.101 e. The maximum Gasteiger partial charge on any atom is 0.101 e. The molecule has 1 aliphatic carbocycles. The van der Waals surface area contributed by atoms with Crippen LogP contribution < -0.4 is 5.32 Å². The number of hydrogen-bond acceptors (Lipinski definition) is 3. The summed E-state index contributed by atoms with van der Waals surface area (Å²) in [6.07, 6.45) is 11.7. The Bertz CT molecular complexity index is 320. The molecule has 3 heteroatoms. The van der Waals surface area contributed by atoms with Crippen LogP contribution in [-0.2, 0) is 4.74 Å². The van der Waals surface area contributed by atoms with Gasteiger partial charge in [-0.2, -0.15) is 0 Å². The molecule has 1 unspecified atom stereocenters. The van der Waals surface area contributed by atoms with Gasteiger partial charge in [0.15, 0.2) is 0 Å². The van der Waals surface area contributed by atoms with E-state index in [4.69, 9.17) is 4.74 Å². The third-order valence-electron chi connectivity index (χ3n) is 3.07. The van der Waals surface area contributed by atoms with Gasteiger partial charge in [0, 0.05) is 32.9 Å². The average Bonchev–Trinajstić information content (AvgIpc) is 2.32. The Hall–Kier alpha value is -1.06. The highest BCUT2D eigenvalue weighted by Gasteiger charge is 2.16. The van der Waals surface area contributed by atoms with Gasteiger partial charge in [-0.25, -0.2) is 0 Å². The van der Waals surface area contributed by atoms with Gasteiger partial charge >= 0.3 is 0 Å². The summed E-state index contributed by atoms with van der Waals surface area (Å²) in [7, 11) is 5.83. The van der Waals surface area contributed by atoms with Crippen molar-refractivity contribution in [1.29, 1.82) is 0 Å². The molecule has 0 aromatic carbocycles. The van der Waals surface area contributed by atoms with Crippen molar-refractivity contribution in [3.8, 4) is 0 Å². The van der Waals surface area contributed by atoms with Crippen LogP contribution >= 0.6 is 0 Å². The van der Waals surface area contributed by atoms with Gasteiger partial charge in [-0.3, -0.25) is 0 Å². The Morgan fingerprint density at radius 2 is 2.24 bits per heavy atom. The first-order valence-electron chi connectivity index (χ1n) is 6.09. The first-order valence-corrected chi connectivity index (χ1v) is 6.09. The van der Waals surface area contributed by atoms with E-state index in [2.05, 4.69) is 54.6 Å². The minimum absolute atomic E-state index is 0.288. The first-order chi connectivity index (χ1) is 8.11. The van der Waals surface area contributed by atoms with Crippen LogP contribution in [0.25, 0.3) is 0 Å². The molecule has 3 nitrogen and oxygen atoms in total. The number of hydrogen-bond donors (Lipinski definition) is 1. The fourth-order valence-electron chi connectivity index (χ4n) is 1.69. The predicted molar refractivity (Wildman–Crippen MR) is 73.0 cm³/mol. The molecule has 0 bridgehead atoms. The second-order valence-electron chi connectivity index (χ2n) is 4.51. The van der Waals surface area contributed by atoms with Crippen molar-refractivity contribution in [2.24, 2.45) is 0 Å². The summed E-state index contributed by atoms with van der Waals surface area (Å²) < 4.78 is 5.49. The second-order valence-corrected chi connectivity index (χ2v) is 4.51. The van der Waals surface area contributed by atoms with Crippen LogP contribution in [0, 0.1) is 0 Å². The molecule has 0 aromatic heterocycles. The monoisotopic (exact) mass is 236 g/mol. The van der Waals surface area contributed by atoms with E-state index >= 15 is 0 Å². The number of allylic oxidation sites excluding steroid dienone is 3. The summed E-state index contributed by atoms with van der Waals surface area (Å²) in [5.41, 5.74) is 0.955.